The van der Waals surface area contributed by atoms with Crippen LogP contribution in [-0.2, 0) is 6.18 Å². The van der Waals surface area contributed by atoms with E-state index in [0.29, 0.717) is 18.7 Å². The minimum absolute atomic E-state index is 0.0157. The first kappa shape index (κ1) is 19.5. The summed E-state index contributed by atoms with van der Waals surface area (Å²) < 4.78 is 41.2. The zero-order valence-electron chi connectivity index (χ0n) is 15.0. The molecule has 5 nitrogen and oxygen atoms in total. The number of nitrogens with two attached hydrogens (primary N) is 1. The van der Waals surface area contributed by atoms with E-state index >= 15 is 0 Å². The van der Waals surface area contributed by atoms with Gasteiger partial charge in [0.2, 0.25) is 0 Å². The van der Waals surface area contributed by atoms with E-state index in [2.05, 4.69) is 0 Å². The molecule has 0 unspecified atom stereocenters. The monoisotopic (exact) mass is 383 g/mol. The number of benzene rings is 1. The van der Waals surface area contributed by atoms with Crippen LogP contribution in [0.2, 0.25) is 0 Å². The quantitative estimate of drug-likeness (QED) is 0.803. The molecule has 3 rings (SSSR count). The summed E-state index contributed by atoms with van der Waals surface area (Å²) in [4.78, 5) is 1.87. The normalized spacial score (nSPS) is 24.4. The second kappa shape index (κ2) is 6.71. The minimum Gasteiger partial charge on any atom is -0.399 e. The van der Waals surface area contributed by atoms with E-state index in [4.69, 9.17) is 5.73 Å². The molecule has 0 saturated heterocycles. The predicted octanol–water partition coefficient (Wildman–Crippen LogP) is 3.06. The van der Waals surface area contributed by atoms with Gasteiger partial charge in [-0.05, 0) is 24.3 Å². The molecule has 1 aliphatic heterocycles. The molecule has 0 aromatic heterocycles. The number of likely N-dealkylation sites (N-methyl/N-ethyl adjacent to an activating group) is 1. The van der Waals surface area contributed by atoms with Gasteiger partial charge < -0.3 is 10.6 Å². The van der Waals surface area contributed by atoms with Crippen molar-refractivity contribution in [3.63, 3.8) is 0 Å². The molecular weight excluding hydrogens is 367 g/mol. The molecule has 0 fully saturated rings. The standard InChI is InChI=1S/C20H16F3N5/c1-28-7-6-12-14(8-24)18(27)19(10-25,11-26)17(15(12)9-28)13-4-2-3-5-16(13)20(21,22)23/h2-6,15,17H,7,9,27H2,1H3/t15-,17-/m0/s1. The van der Waals surface area contributed by atoms with Crippen LogP contribution in [-0.4, -0.2) is 25.0 Å². The first-order chi connectivity index (χ1) is 13.2. The zero-order chi connectivity index (χ0) is 20.7. The molecule has 2 atom stereocenters. The third kappa shape index (κ3) is 2.72. The van der Waals surface area contributed by atoms with Gasteiger partial charge >= 0.3 is 6.18 Å². The van der Waals surface area contributed by atoms with Gasteiger partial charge in [0.05, 0.1) is 29.0 Å². The Morgan fingerprint density at radius 1 is 1.18 bits per heavy atom. The predicted molar refractivity (Wildman–Crippen MR) is 93.7 cm³/mol. The number of nitriles is 3. The summed E-state index contributed by atoms with van der Waals surface area (Å²) in [5, 5.41) is 29.4. The van der Waals surface area contributed by atoms with E-state index in [9.17, 15) is 29.0 Å². The highest BCUT2D eigenvalue weighted by Crippen LogP contribution is 2.55. The molecule has 28 heavy (non-hydrogen) atoms. The number of halogens is 3. The highest BCUT2D eigenvalue weighted by molar-refractivity contribution is 5.60. The third-order valence-corrected chi connectivity index (χ3v) is 5.45. The maximum atomic E-state index is 13.7. The average Bonchev–Trinajstić information content (AvgIpc) is 2.67. The Hall–Kier alpha value is -3.28. The lowest BCUT2D eigenvalue weighted by atomic mass is 9.57. The summed E-state index contributed by atoms with van der Waals surface area (Å²) in [7, 11) is 1.79. The van der Waals surface area contributed by atoms with Crippen LogP contribution in [0.25, 0.3) is 0 Å². The molecule has 0 spiro atoms. The number of allylic oxidation sites excluding steroid dienone is 2. The smallest absolute Gasteiger partial charge is 0.399 e. The molecule has 0 radical (unpaired) electrons. The largest absolute Gasteiger partial charge is 0.416 e. The second-order valence-electron chi connectivity index (χ2n) is 6.98. The average molecular weight is 383 g/mol. The van der Waals surface area contributed by atoms with Gasteiger partial charge in [0, 0.05) is 24.9 Å². The van der Waals surface area contributed by atoms with E-state index in [1.54, 1.807) is 13.1 Å². The lowest BCUT2D eigenvalue weighted by Gasteiger charge is -2.45. The topological polar surface area (TPSA) is 101 Å². The molecule has 8 heteroatoms. The number of hydrogen-bond acceptors (Lipinski definition) is 5. The first-order valence-corrected chi connectivity index (χ1v) is 8.49. The molecule has 0 bridgehead atoms. The van der Waals surface area contributed by atoms with Gasteiger partial charge in [-0.25, -0.2) is 0 Å². The van der Waals surface area contributed by atoms with Gasteiger partial charge in [0.25, 0.3) is 0 Å². The molecule has 1 aromatic rings. The summed E-state index contributed by atoms with van der Waals surface area (Å²) in [6, 6.07) is 10.6. The van der Waals surface area contributed by atoms with Crippen molar-refractivity contribution in [2.45, 2.75) is 12.1 Å². The molecular formula is C20H16F3N5. The summed E-state index contributed by atoms with van der Waals surface area (Å²) in [6.45, 7) is 0.788. The molecule has 1 aromatic carbocycles. The third-order valence-electron chi connectivity index (χ3n) is 5.45. The SMILES string of the molecule is CN1CC=C2C(C#N)=C(N)C(C#N)(C#N)[C@@H](c3ccccc3C(F)(F)F)[C@H]2C1. The summed E-state index contributed by atoms with van der Waals surface area (Å²) in [5.41, 5.74) is 3.18. The van der Waals surface area contributed by atoms with E-state index in [1.807, 2.05) is 23.1 Å². The second-order valence-corrected chi connectivity index (χ2v) is 6.98. The van der Waals surface area contributed by atoms with Gasteiger partial charge in [-0.15, -0.1) is 0 Å². The number of nitrogens with zero attached hydrogens (tertiary/aromatic N) is 4. The Bertz CT molecular complexity index is 986. The van der Waals surface area contributed by atoms with Crippen molar-refractivity contribution in [2.24, 2.45) is 17.1 Å². The van der Waals surface area contributed by atoms with Crippen LogP contribution in [0.1, 0.15) is 17.0 Å². The molecule has 1 aliphatic carbocycles. The maximum absolute atomic E-state index is 13.7. The Kier molecular flexibility index (Phi) is 4.67. The lowest BCUT2D eigenvalue weighted by molar-refractivity contribution is -0.138. The molecule has 142 valence electrons. The van der Waals surface area contributed by atoms with Crippen LogP contribution in [0.3, 0.4) is 0 Å². The first-order valence-electron chi connectivity index (χ1n) is 8.49. The van der Waals surface area contributed by atoms with Crippen molar-refractivity contribution >= 4 is 0 Å². The highest BCUT2D eigenvalue weighted by Gasteiger charge is 2.55. The number of rotatable bonds is 1. The molecule has 2 N–H and O–H groups in total. The van der Waals surface area contributed by atoms with E-state index in [1.165, 1.54) is 18.2 Å². The molecule has 0 amide bonds. The van der Waals surface area contributed by atoms with Crippen LogP contribution < -0.4 is 5.73 Å². The highest BCUT2D eigenvalue weighted by atomic mass is 19.4. The van der Waals surface area contributed by atoms with Gasteiger partial charge in [0.1, 0.15) is 6.07 Å². The number of hydrogen-bond donors (Lipinski definition) is 1. The fourth-order valence-electron chi connectivity index (χ4n) is 4.19. The van der Waals surface area contributed by atoms with E-state index < -0.39 is 29.0 Å². The van der Waals surface area contributed by atoms with E-state index in [-0.39, 0.29) is 16.8 Å². The molecule has 1 heterocycles. The Morgan fingerprint density at radius 2 is 1.82 bits per heavy atom. The van der Waals surface area contributed by atoms with E-state index in [0.717, 1.165) is 6.07 Å². The summed E-state index contributed by atoms with van der Waals surface area (Å²) in [5.74, 6) is -1.81. The van der Waals surface area contributed by atoms with Crippen molar-refractivity contribution in [3.8, 4) is 18.2 Å². The number of fused-ring (bicyclic) bond motifs is 1. The molecule has 0 saturated carbocycles. The fourth-order valence-corrected chi connectivity index (χ4v) is 4.19. The lowest BCUT2D eigenvalue weighted by Crippen LogP contribution is -2.47. The summed E-state index contributed by atoms with van der Waals surface area (Å²) >= 11 is 0. The van der Waals surface area contributed by atoms with Crippen molar-refractivity contribution in [1.82, 2.24) is 4.90 Å². The zero-order valence-corrected chi connectivity index (χ0v) is 15.0. The summed E-state index contributed by atoms with van der Waals surface area (Å²) in [6.07, 6.45) is -2.92. The van der Waals surface area contributed by atoms with Crippen LogP contribution in [0.15, 0.2) is 47.2 Å². The van der Waals surface area contributed by atoms with Crippen LogP contribution in [0.4, 0.5) is 13.2 Å². The van der Waals surface area contributed by atoms with Gasteiger partial charge in [-0.2, -0.15) is 29.0 Å². The van der Waals surface area contributed by atoms with Gasteiger partial charge in [0.15, 0.2) is 5.41 Å². The Morgan fingerprint density at radius 3 is 2.39 bits per heavy atom. The maximum Gasteiger partial charge on any atom is 0.416 e. The van der Waals surface area contributed by atoms with Gasteiger partial charge in [-0.1, -0.05) is 24.3 Å². The van der Waals surface area contributed by atoms with Crippen LogP contribution in [0, 0.1) is 45.3 Å². The van der Waals surface area contributed by atoms with Crippen molar-refractivity contribution < 1.29 is 13.2 Å². The number of alkyl halides is 3. The molecule has 2 aliphatic rings. The van der Waals surface area contributed by atoms with Crippen LogP contribution >= 0.6 is 0 Å². The van der Waals surface area contributed by atoms with Crippen molar-refractivity contribution in [1.29, 1.82) is 15.8 Å². The Balaban J connectivity index is 2.40. The van der Waals surface area contributed by atoms with Crippen molar-refractivity contribution in [3.05, 3.63) is 58.3 Å². The minimum atomic E-state index is -4.66. The van der Waals surface area contributed by atoms with Crippen molar-refractivity contribution in [2.75, 3.05) is 20.1 Å². The van der Waals surface area contributed by atoms with Gasteiger partial charge in [-0.3, -0.25) is 0 Å². The Labute approximate surface area is 160 Å². The van der Waals surface area contributed by atoms with Crippen LogP contribution in [0.5, 0.6) is 0 Å². The fraction of sp³-hybridized carbons (Fsp3) is 0.350.